The number of fused-ring (bicyclic) bond motifs is 8. The first-order valence-corrected chi connectivity index (χ1v) is 19.6. The second-order valence-corrected chi connectivity index (χ2v) is 15.2. The minimum absolute atomic E-state index is 0.00352. The number of hydrogen-bond donors (Lipinski definition) is 0. The van der Waals surface area contributed by atoms with Crippen LogP contribution in [-0.2, 0) is 0 Å². The van der Waals surface area contributed by atoms with Crippen LogP contribution in [0.25, 0.3) is 115 Å². The largest absolute Gasteiger partial charge is 0.278 e. The molecule has 0 atom stereocenters. The van der Waals surface area contributed by atoms with Gasteiger partial charge in [-0.3, -0.25) is 4.57 Å². The molecule has 0 saturated heterocycles. The first-order chi connectivity index (χ1) is 32.5. The van der Waals surface area contributed by atoms with Crippen LogP contribution in [0.1, 0.15) is 12.3 Å². The number of thiophene rings is 1. The summed E-state index contributed by atoms with van der Waals surface area (Å²) in [6, 6.07) is 43.2. The van der Waals surface area contributed by atoms with Gasteiger partial charge in [-0.2, -0.15) is 9.97 Å². The van der Waals surface area contributed by atoms with Crippen LogP contribution in [0.5, 0.6) is 0 Å². The maximum Gasteiger partial charge on any atom is 0.238 e. The van der Waals surface area contributed by atoms with Gasteiger partial charge < -0.3 is 0 Å². The summed E-state index contributed by atoms with van der Waals surface area (Å²) in [7, 11) is 0. The third kappa shape index (κ3) is 5.32. The molecule has 9 aromatic carbocycles. The molecule has 0 amide bonds. The highest BCUT2D eigenvalue weighted by Crippen LogP contribution is 2.42. The van der Waals surface area contributed by atoms with Crippen LogP contribution < -0.4 is 0 Å². The van der Waals surface area contributed by atoms with Gasteiger partial charge in [0, 0.05) is 42.1 Å². The Hall–Kier alpha value is -7.47. The summed E-state index contributed by atoms with van der Waals surface area (Å²) in [6.07, 6.45) is 0. The van der Waals surface area contributed by atoms with Gasteiger partial charge in [0.2, 0.25) is 5.95 Å². The average molecular weight is 766 g/mol. The number of aromatic nitrogens is 4. The van der Waals surface area contributed by atoms with Gasteiger partial charge in [0.1, 0.15) is 0 Å². The Morgan fingerprint density at radius 2 is 1.07 bits per heavy atom. The molecule has 0 aliphatic heterocycles. The maximum atomic E-state index is 9.55. The van der Waals surface area contributed by atoms with E-state index in [1.54, 1.807) is 0 Å². The second-order valence-electron chi connectivity index (χ2n) is 14.1. The second kappa shape index (κ2) is 13.1. The lowest BCUT2D eigenvalue weighted by Crippen LogP contribution is -2.06. The zero-order chi connectivity index (χ0) is 46.0. The van der Waals surface area contributed by atoms with Crippen LogP contribution in [0.3, 0.4) is 0 Å². The highest BCUT2D eigenvalue weighted by atomic mass is 32.1. The van der Waals surface area contributed by atoms with Crippen molar-refractivity contribution in [1.82, 2.24) is 19.5 Å². The van der Waals surface area contributed by atoms with Crippen molar-refractivity contribution in [2.45, 2.75) is 0 Å². The van der Waals surface area contributed by atoms with Crippen molar-refractivity contribution in [2.24, 2.45) is 0 Å². The molecule has 5 heteroatoms. The van der Waals surface area contributed by atoms with E-state index in [1.807, 2.05) is 89.5 Å². The Kier molecular flexibility index (Phi) is 5.61. The smallest absolute Gasteiger partial charge is 0.238 e. The van der Waals surface area contributed by atoms with E-state index in [0.717, 1.165) is 55.4 Å². The number of nitrogens with zero attached hydrogens (tertiary/aromatic N) is 4. The summed E-state index contributed by atoms with van der Waals surface area (Å²) in [5.41, 5.74) is 6.38. The van der Waals surface area contributed by atoms with Crippen molar-refractivity contribution in [1.29, 1.82) is 0 Å². The van der Waals surface area contributed by atoms with Crippen molar-refractivity contribution in [3.63, 3.8) is 0 Å². The van der Waals surface area contributed by atoms with Gasteiger partial charge in [-0.1, -0.05) is 152 Å². The molecule has 0 aliphatic rings. The monoisotopic (exact) mass is 765 g/mol. The van der Waals surface area contributed by atoms with Gasteiger partial charge in [0.25, 0.3) is 0 Å². The SMILES string of the molecule is [2H]c1c([2H])c(-c2nc(-c3cccc(-c4ccc(-c5ccc6ccccc6c5)cc4)c3)nc(-n3c4ccccc4c4ccccc43)n2)c2c(sc3c([2H])c4c([2H])c([2H])c([2H])c([2H])c4c([2H])c32)c1[2H]. The predicted molar refractivity (Wildman–Crippen MR) is 244 cm³/mol. The van der Waals surface area contributed by atoms with E-state index in [2.05, 4.69) is 54.6 Å². The van der Waals surface area contributed by atoms with Crippen LogP contribution in [0, 0.1) is 0 Å². The van der Waals surface area contributed by atoms with E-state index < -0.39 is 30.2 Å². The molecular formula is C53H32N4S. The fraction of sp³-hybridized carbons (Fsp3) is 0. The quantitative estimate of drug-likeness (QED) is 0.175. The molecule has 0 N–H and O–H groups in total. The fourth-order valence-corrected chi connectivity index (χ4v) is 9.01. The Balaban J connectivity index is 1.11. The summed E-state index contributed by atoms with van der Waals surface area (Å²) in [5.74, 6) is 0.482. The van der Waals surface area contributed by atoms with Crippen LogP contribution in [-0.4, -0.2) is 19.5 Å². The molecule has 0 radical (unpaired) electrons. The Morgan fingerprint density at radius 3 is 1.84 bits per heavy atom. The minimum atomic E-state index is -0.540. The number of rotatable bonds is 5. The van der Waals surface area contributed by atoms with E-state index >= 15 is 0 Å². The van der Waals surface area contributed by atoms with E-state index in [0.29, 0.717) is 5.56 Å². The van der Waals surface area contributed by atoms with Gasteiger partial charge in [0.15, 0.2) is 11.6 Å². The first kappa shape index (κ1) is 24.9. The van der Waals surface area contributed by atoms with Gasteiger partial charge >= 0.3 is 0 Å². The third-order valence-corrected chi connectivity index (χ3v) is 11.8. The van der Waals surface area contributed by atoms with E-state index in [4.69, 9.17) is 23.2 Å². The number of hydrogen-bond acceptors (Lipinski definition) is 4. The standard InChI is InChI=1S/C53H32N4S/c1-2-12-36-29-40(28-27-33(36)11-1)35-25-23-34(24-26-35)37-15-9-16-41(30-37)51-54-52(56-53(55-51)57-46-20-7-5-17-42(46)43-18-6-8-21-47(43)57)44-19-10-22-48-50(44)45-31-38-13-3-4-14-39(38)32-49(45)58-48/h1-32H/i3D,4D,10D,13D,14D,19D,22D,31D,32D. The van der Waals surface area contributed by atoms with Crippen LogP contribution >= 0.6 is 11.3 Å². The van der Waals surface area contributed by atoms with E-state index in [-0.39, 0.29) is 78.3 Å². The van der Waals surface area contributed by atoms with Crippen LogP contribution in [0.15, 0.2) is 194 Å². The van der Waals surface area contributed by atoms with Crippen molar-refractivity contribution in [2.75, 3.05) is 0 Å². The molecule has 3 heterocycles. The Morgan fingerprint density at radius 1 is 0.431 bits per heavy atom. The molecule has 0 unspecified atom stereocenters. The lowest BCUT2D eigenvalue weighted by atomic mass is 9.97. The van der Waals surface area contributed by atoms with Crippen molar-refractivity contribution in [3.8, 4) is 51.0 Å². The zero-order valence-electron chi connectivity index (χ0n) is 39.5. The van der Waals surface area contributed by atoms with Gasteiger partial charge in [-0.25, -0.2) is 4.98 Å². The number of para-hydroxylation sites is 2. The van der Waals surface area contributed by atoms with Crippen LogP contribution in [0.4, 0.5) is 0 Å². The minimum Gasteiger partial charge on any atom is -0.278 e. The summed E-state index contributed by atoms with van der Waals surface area (Å²) in [6.45, 7) is 0. The van der Waals surface area contributed by atoms with Crippen molar-refractivity contribution >= 4 is 74.9 Å². The van der Waals surface area contributed by atoms with Gasteiger partial charge in [-0.05, 0) is 86.2 Å². The lowest BCUT2D eigenvalue weighted by molar-refractivity contribution is 0.954. The predicted octanol–water partition coefficient (Wildman–Crippen LogP) is 14.3. The maximum absolute atomic E-state index is 9.55. The summed E-state index contributed by atoms with van der Waals surface area (Å²) in [5, 5.41) is 4.32. The van der Waals surface area contributed by atoms with Crippen molar-refractivity contribution < 1.29 is 12.3 Å². The molecule has 3 aromatic heterocycles. The average Bonchev–Trinajstić information content (AvgIpc) is 3.93. The molecule has 12 aromatic rings. The van der Waals surface area contributed by atoms with Gasteiger partial charge in [-0.15, -0.1) is 11.3 Å². The Bertz CT molecular complexity index is 4060. The van der Waals surface area contributed by atoms with E-state index in [9.17, 15) is 4.11 Å². The normalized spacial score (nSPS) is 14.0. The summed E-state index contributed by atoms with van der Waals surface area (Å²) in [4.78, 5) is 15.3. The highest BCUT2D eigenvalue weighted by Gasteiger charge is 2.20. The first-order valence-electron chi connectivity index (χ1n) is 23.3. The molecule has 0 bridgehead atoms. The van der Waals surface area contributed by atoms with E-state index in [1.165, 1.54) is 10.8 Å². The molecule has 0 saturated carbocycles. The molecule has 4 nitrogen and oxygen atoms in total. The molecule has 12 rings (SSSR count). The van der Waals surface area contributed by atoms with Crippen LogP contribution in [0.2, 0.25) is 0 Å². The van der Waals surface area contributed by atoms with Crippen molar-refractivity contribution in [3.05, 3.63) is 194 Å². The number of benzene rings is 9. The molecule has 0 spiro atoms. The Labute approximate surface area is 350 Å². The summed E-state index contributed by atoms with van der Waals surface area (Å²) >= 11 is 0.979. The molecule has 0 aliphatic carbocycles. The molecule has 0 fully saturated rings. The molecule has 58 heavy (non-hydrogen) atoms. The third-order valence-electron chi connectivity index (χ3n) is 10.7. The molecule has 270 valence electrons. The molecular weight excluding hydrogens is 725 g/mol. The van der Waals surface area contributed by atoms with Gasteiger partial charge in [0.05, 0.1) is 23.4 Å². The topological polar surface area (TPSA) is 43.6 Å². The summed E-state index contributed by atoms with van der Waals surface area (Å²) < 4.78 is 83.2. The lowest BCUT2D eigenvalue weighted by Gasteiger charge is -2.12. The zero-order valence-corrected chi connectivity index (χ0v) is 31.3. The fourth-order valence-electron chi connectivity index (χ4n) is 7.99. The highest BCUT2D eigenvalue weighted by molar-refractivity contribution is 7.26.